The van der Waals surface area contributed by atoms with Crippen LogP contribution >= 0.6 is 0 Å². The number of nitrogens with zero attached hydrogens (tertiary/aromatic N) is 3. The van der Waals surface area contributed by atoms with Gasteiger partial charge in [0.2, 0.25) is 5.88 Å². The summed E-state index contributed by atoms with van der Waals surface area (Å²) in [5, 5.41) is 12.2. The van der Waals surface area contributed by atoms with Crippen molar-refractivity contribution in [1.29, 1.82) is 5.26 Å². The first-order valence-electron chi connectivity index (χ1n) is 10.7. The second-order valence-corrected chi connectivity index (χ2v) is 10.1. The number of fused-ring (bicyclic) bond motifs is 1. The van der Waals surface area contributed by atoms with Crippen LogP contribution < -0.4 is 15.6 Å². The van der Waals surface area contributed by atoms with Crippen molar-refractivity contribution in [2.45, 2.75) is 25.8 Å². The highest BCUT2D eigenvalue weighted by atomic mass is 32.2. The number of nitriles is 1. The zero-order valence-electron chi connectivity index (χ0n) is 18.4. The van der Waals surface area contributed by atoms with Gasteiger partial charge in [-0.15, -0.1) is 0 Å². The molecule has 1 atom stereocenters. The summed E-state index contributed by atoms with van der Waals surface area (Å²) in [7, 11) is -3.21. The average Bonchev–Trinajstić information content (AvgIpc) is 3.17. The molecular weight excluding hydrogens is 456 g/mol. The van der Waals surface area contributed by atoms with Crippen LogP contribution in [-0.4, -0.2) is 41.3 Å². The van der Waals surface area contributed by atoms with E-state index in [4.69, 9.17) is 4.74 Å². The SMILES string of the molecule is CCc1ccc(Oc2nc3ccccn3c(=O)c2C=C(C#N)C(=O)NC2CCS(=O)(=O)C2)cc1. The molecule has 0 bridgehead atoms. The number of carbonyl (C=O) groups excluding carboxylic acids is 1. The van der Waals surface area contributed by atoms with Gasteiger partial charge in [-0.3, -0.25) is 14.0 Å². The molecule has 1 aliphatic rings. The van der Waals surface area contributed by atoms with Crippen LogP contribution in [-0.2, 0) is 21.1 Å². The third-order valence-electron chi connectivity index (χ3n) is 5.50. The van der Waals surface area contributed by atoms with Crippen LogP contribution in [0.25, 0.3) is 11.7 Å². The molecule has 1 unspecified atom stereocenters. The van der Waals surface area contributed by atoms with Gasteiger partial charge < -0.3 is 10.1 Å². The van der Waals surface area contributed by atoms with Gasteiger partial charge in [0, 0.05) is 12.2 Å². The average molecular weight is 479 g/mol. The highest BCUT2D eigenvalue weighted by Crippen LogP contribution is 2.24. The summed E-state index contributed by atoms with van der Waals surface area (Å²) in [4.78, 5) is 30.3. The molecule has 1 N–H and O–H groups in total. The lowest BCUT2D eigenvalue weighted by Gasteiger charge is -2.12. The molecule has 34 heavy (non-hydrogen) atoms. The third kappa shape index (κ3) is 5.00. The molecule has 9 nitrogen and oxygen atoms in total. The summed E-state index contributed by atoms with van der Waals surface area (Å²) in [5.74, 6) is -0.573. The number of benzene rings is 1. The van der Waals surface area contributed by atoms with Gasteiger partial charge >= 0.3 is 0 Å². The van der Waals surface area contributed by atoms with E-state index in [2.05, 4.69) is 10.3 Å². The van der Waals surface area contributed by atoms with Crippen LogP contribution in [0.5, 0.6) is 11.6 Å². The van der Waals surface area contributed by atoms with Gasteiger partial charge in [0.15, 0.2) is 9.84 Å². The summed E-state index contributed by atoms with van der Waals surface area (Å²) >= 11 is 0. The van der Waals surface area contributed by atoms with Crippen LogP contribution in [0, 0.1) is 11.3 Å². The molecule has 3 heterocycles. The lowest BCUT2D eigenvalue weighted by atomic mass is 10.1. The molecule has 174 valence electrons. The molecule has 0 saturated carbocycles. The molecule has 0 aliphatic carbocycles. The second kappa shape index (κ2) is 9.49. The lowest BCUT2D eigenvalue weighted by Crippen LogP contribution is -2.36. The number of amides is 1. The van der Waals surface area contributed by atoms with Gasteiger partial charge in [-0.2, -0.15) is 10.2 Å². The second-order valence-electron chi connectivity index (χ2n) is 7.91. The molecule has 1 amide bonds. The van der Waals surface area contributed by atoms with Crippen molar-refractivity contribution < 1.29 is 17.9 Å². The first-order valence-corrected chi connectivity index (χ1v) is 12.5. The fourth-order valence-electron chi connectivity index (χ4n) is 3.65. The normalized spacial score (nSPS) is 17.3. The standard InChI is InChI=1S/C24H22N4O5S/c1-2-16-6-8-19(9-7-16)33-23-20(24(30)28-11-4-3-5-21(28)27-23)13-17(14-25)22(29)26-18-10-12-34(31,32)15-18/h3-9,11,13,18H,2,10,12,15H2,1H3,(H,26,29). The van der Waals surface area contributed by atoms with E-state index in [0.717, 1.165) is 18.1 Å². The molecule has 3 aromatic rings. The summed E-state index contributed by atoms with van der Waals surface area (Å²) in [5.41, 5.74) is 0.495. The van der Waals surface area contributed by atoms with Gasteiger partial charge in [-0.1, -0.05) is 25.1 Å². The molecule has 1 saturated heterocycles. The van der Waals surface area contributed by atoms with Crippen molar-refractivity contribution >= 4 is 27.5 Å². The van der Waals surface area contributed by atoms with E-state index in [1.807, 2.05) is 19.1 Å². The van der Waals surface area contributed by atoms with Crippen molar-refractivity contribution in [3.63, 3.8) is 0 Å². The Labute approximate surface area is 196 Å². The molecular formula is C24H22N4O5S. The maximum Gasteiger partial charge on any atom is 0.269 e. The topological polar surface area (TPSA) is 131 Å². The molecule has 2 aromatic heterocycles. The first-order chi connectivity index (χ1) is 16.3. The van der Waals surface area contributed by atoms with Crippen molar-refractivity contribution in [2.75, 3.05) is 11.5 Å². The van der Waals surface area contributed by atoms with Crippen LogP contribution in [0.1, 0.15) is 24.5 Å². The number of carbonyl (C=O) groups is 1. The lowest BCUT2D eigenvalue weighted by molar-refractivity contribution is -0.117. The summed E-state index contributed by atoms with van der Waals surface area (Å²) < 4.78 is 30.5. The van der Waals surface area contributed by atoms with Crippen molar-refractivity contribution in [3.8, 4) is 17.7 Å². The van der Waals surface area contributed by atoms with Gasteiger partial charge in [0.05, 0.1) is 11.5 Å². The Morgan fingerprint density at radius 2 is 2.06 bits per heavy atom. The number of pyridine rings is 1. The largest absolute Gasteiger partial charge is 0.438 e. The van der Waals surface area contributed by atoms with E-state index in [9.17, 15) is 23.3 Å². The Morgan fingerprint density at radius 1 is 1.29 bits per heavy atom. The molecule has 1 aliphatic heterocycles. The number of aryl methyl sites for hydroxylation is 1. The van der Waals surface area contributed by atoms with Gasteiger partial charge in [-0.25, -0.2) is 8.42 Å². The van der Waals surface area contributed by atoms with E-state index in [1.165, 1.54) is 10.6 Å². The predicted molar refractivity (Wildman–Crippen MR) is 126 cm³/mol. The fraction of sp³-hybridized carbons (Fsp3) is 0.250. The summed E-state index contributed by atoms with van der Waals surface area (Å²) in [6.07, 6.45) is 3.78. The monoisotopic (exact) mass is 478 g/mol. The number of hydrogen-bond donors (Lipinski definition) is 1. The van der Waals surface area contributed by atoms with Crippen LogP contribution in [0.15, 0.2) is 59.0 Å². The Morgan fingerprint density at radius 3 is 2.71 bits per heavy atom. The summed E-state index contributed by atoms with van der Waals surface area (Å²) in [6.45, 7) is 2.03. The van der Waals surface area contributed by atoms with Crippen molar-refractivity contribution in [2.24, 2.45) is 0 Å². The number of ether oxygens (including phenoxy) is 1. The number of rotatable bonds is 6. The minimum Gasteiger partial charge on any atom is -0.438 e. The predicted octanol–water partition coefficient (Wildman–Crippen LogP) is 2.26. The maximum atomic E-state index is 13.2. The quantitative estimate of drug-likeness (QED) is 0.425. The third-order valence-corrected chi connectivity index (χ3v) is 7.27. The summed E-state index contributed by atoms with van der Waals surface area (Å²) in [6, 6.07) is 13.5. The van der Waals surface area contributed by atoms with Crippen LogP contribution in [0.4, 0.5) is 0 Å². The van der Waals surface area contributed by atoms with Crippen LogP contribution in [0.3, 0.4) is 0 Å². The highest BCUT2D eigenvalue weighted by Gasteiger charge is 2.29. The molecule has 0 radical (unpaired) electrons. The smallest absolute Gasteiger partial charge is 0.269 e. The van der Waals surface area contributed by atoms with E-state index in [1.54, 1.807) is 36.4 Å². The van der Waals surface area contributed by atoms with E-state index in [-0.39, 0.29) is 34.9 Å². The van der Waals surface area contributed by atoms with Crippen molar-refractivity contribution in [3.05, 3.63) is 75.7 Å². The van der Waals surface area contributed by atoms with Crippen LogP contribution in [0.2, 0.25) is 0 Å². The molecule has 1 fully saturated rings. The number of nitrogens with one attached hydrogen (secondary N) is 1. The van der Waals surface area contributed by atoms with Gasteiger partial charge in [0.1, 0.15) is 28.6 Å². The number of aromatic nitrogens is 2. The Hall–Kier alpha value is -3.97. The van der Waals surface area contributed by atoms with Gasteiger partial charge in [-0.05, 0) is 48.7 Å². The minimum absolute atomic E-state index is 0.0195. The Bertz CT molecular complexity index is 1480. The minimum atomic E-state index is -3.21. The van der Waals surface area contributed by atoms with Gasteiger partial charge in [0.25, 0.3) is 11.5 Å². The maximum absolute atomic E-state index is 13.2. The molecule has 10 heteroatoms. The first kappa shape index (κ1) is 23.2. The van der Waals surface area contributed by atoms with E-state index in [0.29, 0.717) is 11.4 Å². The zero-order chi connectivity index (χ0) is 24.3. The molecule has 0 spiro atoms. The van der Waals surface area contributed by atoms with E-state index < -0.39 is 27.3 Å². The number of sulfone groups is 1. The Balaban J connectivity index is 1.74. The highest BCUT2D eigenvalue weighted by molar-refractivity contribution is 7.91. The number of hydrogen-bond acceptors (Lipinski definition) is 7. The zero-order valence-corrected chi connectivity index (χ0v) is 19.2. The molecule has 4 rings (SSSR count). The fourth-order valence-corrected chi connectivity index (χ4v) is 5.33. The molecule has 1 aromatic carbocycles. The van der Waals surface area contributed by atoms with E-state index >= 15 is 0 Å². The Kier molecular flexibility index (Phi) is 6.47. The van der Waals surface area contributed by atoms with Crippen molar-refractivity contribution in [1.82, 2.24) is 14.7 Å².